The molecule has 0 N–H and O–H groups in total. The van der Waals surface area contributed by atoms with Crippen LogP contribution in [-0.4, -0.2) is 11.7 Å². The zero-order valence-electron chi connectivity index (χ0n) is 7.30. The van der Waals surface area contributed by atoms with Crippen LogP contribution in [0.2, 0.25) is 0 Å². The maximum Gasteiger partial charge on any atom is 0.212 e. The van der Waals surface area contributed by atoms with E-state index in [-0.39, 0.29) is 5.43 Å². The van der Waals surface area contributed by atoms with Crippen LogP contribution in [0.5, 0.6) is 5.88 Å². The molecule has 1 aromatic heterocycles. The van der Waals surface area contributed by atoms with Crippen LogP contribution in [-0.2, 0) is 6.54 Å². The highest BCUT2D eigenvalue weighted by atomic mass is 127. The van der Waals surface area contributed by atoms with Crippen molar-refractivity contribution in [2.75, 3.05) is 7.11 Å². The third kappa shape index (κ3) is 2.17. The molecule has 72 valence electrons. The Bertz CT molecular complexity index is 373. The quantitative estimate of drug-likeness (QED) is 0.707. The van der Waals surface area contributed by atoms with Crippen LogP contribution in [0.4, 0.5) is 0 Å². The van der Waals surface area contributed by atoms with E-state index in [0.29, 0.717) is 9.45 Å². The lowest BCUT2D eigenvalue weighted by Gasteiger charge is -2.11. The van der Waals surface area contributed by atoms with Crippen LogP contribution in [0, 0.1) is 7.14 Å². The van der Waals surface area contributed by atoms with E-state index in [1.807, 2.05) is 62.9 Å². The Morgan fingerprint density at radius 1 is 1.54 bits per heavy atom. The van der Waals surface area contributed by atoms with Gasteiger partial charge in [-0.2, -0.15) is 0 Å². The number of hydrogen-bond acceptors (Lipinski definition) is 2. The molecular formula is C8H9I2NO2. The van der Waals surface area contributed by atoms with Crippen LogP contribution in [0.1, 0.15) is 6.92 Å². The summed E-state index contributed by atoms with van der Waals surface area (Å²) in [5.74, 6) is 0.647. The molecule has 0 aliphatic rings. The molecule has 0 aliphatic heterocycles. The van der Waals surface area contributed by atoms with E-state index in [4.69, 9.17) is 4.74 Å². The largest absolute Gasteiger partial charge is 0.481 e. The van der Waals surface area contributed by atoms with E-state index in [2.05, 4.69) is 0 Å². The van der Waals surface area contributed by atoms with Gasteiger partial charge in [-0.25, -0.2) is 0 Å². The first kappa shape index (κ1) is 11.3. The van der Waals surface area contributed by atoms with Crippen LogP contribution in [0.3, 0.4) is 0 Å². The van der Waals surface area contributed by atoms with E-state index in [9.17, 15) is 4.79 Å². The Hall–Kier alpha value is 0.210. The fraction of sp³-hybridized carbons (Fsp3) is 0.375. The molecular weight excluding hydrogens is 396 g/mol. The van der Waals surface area contributed by atoms with Crippen molar-refractivity contribution < 1.29 is 4.74 Å². The molecule has 0 saturated carbocycles. The van der Waals surface area contributed by atoms with E-state index in [1.54, 1.807) is 7.11 Å². The zero-order valence-corrected chi connectivity index (χ0v) is 11.6. The van der Waals surface area contributed by atoms with Crippen molar-refractivity contribution in [3.8, 4) is 5.88 Å². The first-order chi connectivity index (χ1) is 6.11. The second kappa shape index (κ2) is 4.63. The summed E-state index contributed by atoms with van der Waals surface area (Å²) >= 11 is 4.05. The molecule has 0 bridgehead atoms. The Labute approximate surface area is 104 Å². The van der Waals surface area contributed by atoms with Gasteiger partial charge in [0.15, 0.2) is 0 Å². The highest BCUT2D eigenvalue weighted by Crippen LogP contribution is 2.18. The molecule has 3 nitrogen and oxygen atoms in total. The highest BCUT2D eigenvalue weighted by Gasteiger charge is 2.11. The van der Waals surface area contributed by atoms with Crippen LogP contribution < -0.4 is 10.2 Å². The average Bonchev–Trinajstić information content (AvgIpc) is 2.13. The number of ether oxygens (including phenoxy) is 1. The molecule has 0 aliphatic carbocycles. The number of nitrogens with zero attached hydrogens (tertiary/aromatic N) is 1. The molecule has 0 amide bonds. The Balaban J connectivity index is 3.48. The zero-order chi connectivity index (χ0) is 10.0. The number of aryl methyl sites for hydroxylation is 1. The maximum absolute atomic E-state index is 11.5. The first-order valence-electron chi connectivity index (χ1n) is 3.74. The first-order valence-corrected chi connectivity index (χ1v) is 5.90. The smallest absolute Gasteiger partial charge is 0.212 e. The van der Waals surface area contributed by atoms with Crippen molar-refractivity contribution in [1.82, 2.24) is 4.57 Å². The molecule has 0 aromatic carbocycles. The lowest BCUT2D eigenvalue weighted by Crippen LogP contribution is -2.16. The van der Waals surface area contributed by atoms with Gasteiger partial charge in [-0.05, 0) is 52.1 Å². The Morgan fingerprint density at radius 3 is 2.62 bits per heavy atom. The number of pyridine rings is 1. The van der Waals surface area contributed by atoms with Gasteiger partial charge in [0.25, 0.3) is 0 Å². The predicted molar refractivity (Wildman–Crippen MR) is 68.4 cm³/mol. The predicted octanol–water partition coefficient (Wildman–Crippen LogP) is 2.09. The summed E-state index contributed by atoms with van der Waals surface area (Å²) in [4.78, 5) is 11.5. The topological polar surface area (TPSA) is 31.2 Å². The van der Waals surface area contributed by atoms with Crippen molar-refractivity contribution in [3.05, 3.63) is 23.6 Å². The lowest BCUT2D eigenvalue weighted by atomic mass is 10.4. The van der Waals surface area contributed by atoms with Crippen LogP contribution in [0.15, 0.2) is 11.0 Å². The molecule has 5 heteroatoms. The summed E-state index contributed by atoms with van der Waals surface area (Å²) in [5, 5.41) is 0. The minimum atomic E-state index is 0.0442. The molecule has 0 atom stereocenters. The normalized spacial score (nSPS) is 10.2. The second-order valence-corrected chi connectivity index (χ2v) is 4.66. The minimum Gasteiger partial charge on any atom is -0.481 e. The molecule has 0 radical (unpaired) electrons. The van der Waals surface area contributed by atoms with Gasteiger partial charge in [-0.1, -0.05) is 0 Å². The fourth-order valence-corrected chi connectivity index (χ4v) is 2.97. The van der Waals surface area contributed by atoms with Crippen molar-refractivity contribution >= 4 is 45.2 Å². The Kier molecular flexibility index (Phi) is 4.02. The van der Waals surface area contributed by atoms with Gasteiger partial charge in [0, 0.05) is 12.7 Å². The average molecular weight is 405 g/mol. The Morgan fingerprint density at radius 2 is 2.15 bits per heavy atom. The second-order valence-electron chi connectivity index (χ2n) is 2.42. The van der Waals surface area contributed by atoms with Gasteiger partial charge >= 0.3 is 0 Å². The molecule has 0 unspecified atom stereocenters. The van der Waals surface area contributed by atoms with Gasteiger partial charge in [0.1, 0.15) is 3.57 Å². The molecule has 1 rings (SSSR count). The van der Waals surface area contributed by atoms with Crippen molar-refractivity contribution in [3.63, 3.8) is 0 Å². The maximum atomic E-state index is 11.5. The fourth-order valence-electron chi connectivity index (χ4n) is 1.02. The molecule has 0 saturated heterocycles. The molecule has 1 aromatic rings. The van der Waals surface area contributed by atoms with Crippen molar-refractivity contribution in [2.24, 2.45) is 0 Å². The number of aromatic nitrogens is 1. The number of methoxy groups -OCH3 is 1. The molecule has 13 heavy (non-hydrogen) atoms. The number of hydrogen-bond donors (Lipinski definition) is 0. The number of halogens is 2. The van der Waals surface area contributed by atoms with Gasteiger partial charge in [-0.3, -0.25) is 4.79 Å². The van der Waals surface area contributed by atoms with E-state index in [1.165, 1.54) is 0 Å². The van der Waals surface area contributed by atoms with Gasteiger partial charge in [0.2, 0.25) is 11.3 Å². The summed E-state index contributed by atoms with van der Waals surface area (Å²) in [6.45, 7) is 2.81. The standard InChI is InChI=1S/C8H9I2NO2/c1-3-11-4-5(9)7(12)6(10)8(11)13-2/h4H,3H2,1-2H3. The third-order valence-corrected chi connectivity index (χ3v) is 3.39. The molecule has 1 heterocycles. The van der Waals surface area contributed by atoms with Gasteiger partial charge < -0.3 is 9.30 Å². The molecule has 0 spiro atoms. The monoisotopic (exact) mass is 405 g/mol. The van der Waals surface area contributed by atoms with Gasteiger partial charge in [-0.15, -0.1) is 0 Å². The van der Waals surface area contributed by atoms with E-state index < -0.39 is 0 Å². The summed E-state index contributed by atoms with van der Waals surface area (Å²) in [7, 11) is 1.58. The minimum absolute atomic E-state index is 0.0442. The summed E-state index contributed by atoms with van der Waals surface area (Å²) in [6.07, 6.45) is 1.81. The third-order valence-electron chi connectivity index (χ3n) is 1.67. The van der Waals surface area contributed by atoms with Crippen molar-refractivity contribution in [1.29, 1.82) is 0 Å². The van der Waals surface area contributed by atoms with E-state index in [0.717, 1.165) is 10.1 Å². The van der Waals surface area contributed by atoms with E-state index >= 15 is 0 Å². The number of rotatable bonds is 2. The summed E-state index contributed by atoms with van der Waals surface area (Å²) in [5.41, 5.74) is 0.0442. The summed E-state index contributed by atoms with van der Waals surface area (Å²) < 4.78 is 8.45. The van der Waals surface area contributed by atoms with Crippen LogP contribution in [0.25, 0.3) is 0 Å². The summed E-state index contributed by atoms with van der Waals surface area (Å²) in [6, 6.07) is 0. The van der Waals surface area contributed by atoms with Gasteiger partial charge in [0.05, 0.1) is 10.7 Å². The highest BCUT2D eigenvalue weighted by molar-refractivity contribution is 14.1. The molecule has 0 fully saturated rings. The van der Waals surface area contributed by atoms with Crippen LogP contribution >= 0.6 is 45.2 Å². The SMILES string of the molecule is CCn1cc(I)c(=O)c(I)c1OC. The lowest BCUT2D eigenvalue weighted by molar-refractivity contribution is 0.366. The van der Waals surface area contributed by atoms with Crippen molar-refractivity contribution in [2.45, 2.75) is 13.5 Å².